The Morgan fingerprint density at radius 1 is 1.32 bits per heavy atom. The van der Waals surface area contributed by atoms with Gasteiger partial charge in [0.15, 0.2) is 0 Å². The molecule has 1 heterocycles. The van der Waals surface area contributed by atoms with E-state index in [-0.39, 0.29) is 0 Å². The minimum atomic E-state index is -0.881. The van der Waals surface area contributed by atoms with E-state index in [1.165, 1.54) is 0 Å². The molecule has 19 heavy (non-hydrogen) atoms. The third-order valence-corrected chi connectivity index (χ3v) is 2.86. The Hall–Kier alpha value is -2.14. The van der Waals surface area contributed by atoms with Gasteiger partial charge in [-0.2, -0.15) is 5.10 Å². The SMILES string of the molecule is O=C(O)c1ccccc1CNCCCn1cccn1. The van der Waals surface area contributed by atoms with E-state index < -0.39 is 5.97 Å². The number of nitrogens with one attached hydrogen (secondary N) is 1. The lowest BCUT2D eigenvalue weighted by molar-refractivity contribution is 0.0695. The maximum absolute atomic E-state index is 11.0. The van der Waals surface area contributed by atoms with Crippen molar-refractivity contribution in [2.24, 2.45) is 0 Å². The van der Waals surface area contributed by atoms with Crippen LogP contribution in [0.15, 0.2) is 42.7 Å². The quantitative estimate of drug-likeness (QED) is 0.743. The number of hydrogen-bond acceptors (Lipinski definition) is 3. The number of carbonyl (C=O) groups is 1. The van der Waals surface area contributed by atoms with Crippen molar-refractivity contribution >= 4 is 5.97 Å². The summed E-state index contributed by atoms with van der Waals surface area (Å²) in [6.07, 6.45) is 4.65. The molecule has 5 heteroatoms. The van der Waals surface area contributed by atoms with E-state index in [9.17, 15) is 4.79 Å². The molecule has 0 saturated carbocycles. The maximum Gasteiger partial charge on any atom is 0.336 e. The van der Waals surface area contributed by atoms with Gasteiger partial charge in [0.2, 0.25) is 0 Å². The molecule has 2 aromatic rings. The number of carboxylic acids is 1. The summed E-state index contributed by atoms with van der Waals surface area (Å²) in [5, 5.41) is 16.4. The Balaban J connectivity index is 1.75. The maximum atomic E-state index is 11.0. The van der Waals surface area contributed by atoms with Gasteiger partial charge >= 0.3 is 5.97 Å². The van der Waals surface area contributed by atoms with E-state index in [0.29, 0.717) is 12.1 Å². The van der Waals surface area contributed by atoms with Crippen LogP contribution in [0.4, 0.5) is 0 Å². The summed E-state index contributed by atoms with van der Waals surface area (Å²) in [6.45, 7) is 2.26. The van der Waals surface area contributed by atoms with E-state index in [0.717, 1.165) is 25.1 Å². The Morgan fingerprint density at radius 3 is 2.89 bits per heavy atom. The van der Waals surface area contributed by atoms with Crippen LogP contribution in [0.25, 0.3) is 0 Å². The first-order valence-corrected chi connectivity index (χ1v) is 6.27. The molecule has 0 radical (unpaired) electrons. The summed E-state index contributed by atoms with van der Waals surface area (Å²) in [4.78, 5) is 11.0. The molecule has 0 spiro atoms. The molecule has 0 aliphatic carbocycles. The van der Waals surface area contributed by atoms with Gasteiger partial charge in [0.1, 0.15) is 0 Å². The lowest BCUT2D eigenvalue weighted by Crippen LogP contribution is -2.18. The van der Waals surface area contributed by atoms with Crippen molar-refractivity contribution < 1.29 is 9.90 Å². The van der Waals surface area contributed by atoms with Gasteiger partial charge in [0, 0.05) is 25.5 Å². The molecule has 100 valence electrons. The molecule has 2 N–H and O–H groups in total. The molecular weight excluding hydrogens is 242 g/mol. The van der Waals surface area contributed by atoms with E-state index in [1.807, 2.05) is 29.1 Å². The van der Waals surface area contributed by atoms with Gasteiger partial charge in [0.25, 0.3) is 0 Å². The predicted molar refractivity (Wildman–Crippen MR) is 72.0 cm³/mol. The van der Waals surface area contributed by atoms with Crippen LogP contribution in [0.2, 0.25) is 0 Å². The molecular formula is C14H17N3O2. The summed E-state index contributed by atoms with van der Waals surface area (Å²) in [5.41, 5.74) is 1.18. The van der Waals surface area contributed by atoms with E-state index in [2.05, 4.69) is 10.4 Å². The summed E-state index contributed by atoms with van der Waals surface area (Å²) in [6, 6.07) is 8.96. The molecule has 1 aromatic heterocycles. The van der Waals surface area contributed by atoms with Crippen LogP contribution < -0.4 is 5.32 Å². The molecule has 0 saturated heterocycles. The lowest BCUT2D eigenvalue weighted by atomic mass is 10.1. The second-order valence-electron chi connectivity index (χ2n) is 4.26. The van der Waals surface area contributed by atoms with Gasteiger partial charge in [-0.15, -0.1) is 0 Å². The first kappa shape index (κ1) is 13.3. The molecule has 0 bridgehead atoms. The third-order valence-electron chi connectivity index (χ3n) is 2.86. The number of aromatic carboxylic acids is 1. The van der Waals surface area contributed by atoms with Crippen molar-refractivity contribution in [2.45, 2.75) is 19.5 Å². The van der Waals surface area contributed by atoms with Gasteiger partial charge in [-0.05, 0) is 30.7 Å². The number of nitrogens with zero attached hydrogens (tertiary/aromatic N) is 2. The van der Waals surface area contributed by atoms with E-state index in [1.54, 1.807) is 18.3 Å². The monoisotopic (exact) mass is 259 g/mol. The fourth-order valence-corrected chi connectivity index (χ4v) is 1.90. The summed E-state index contributed by atoms with van der Waals surface area (Å²) >= 11 is 0. The topological polar surface area (TPSA) is 67.2 Å². The predicted octanol–water partition coefficient (Wildman–Crippen LogP) is 1.76. The summed E-state index contributed by atoms with van der Waals surface area (Å²) < 4.78 is 1.88. The Labute approximate surface area is 111 Å². The standard InChI is InChI=1S/C14H17N3O2/c18-14(19)13-6-2-1-5-12(13)11-15-7-3-9-17-10-4-8-16-17/h1-2,4-6,8,10,15H,3,7,9,11H2,(H,18,19). The largest absolute Gasteiger partial charge is 0.478 e. The van der Waals surface area contributed by atoms with Gasteiger partial charge in [0.05, 0.1) is 5.56 Å². The highest BCUT2D eigenvalue weighted by Gasteiger charge is 2.07. The number of aryl methyl sites for hydroxylation is 1. The van der Waals surface area contributed by atoms with Gasteiger partial charge in [-0.25, -0.2) is 4.79 Å². The van der Waals surface area contributed by atoms with Crippen molar-refractivity contribution in [3.63, 3.8) is 0 Å². The molecule has 0 atom stereocenters. The number of aromatic nitrogens is 2. The molecule has 0 aliphatic rings. The average Bonchev–Trinajstić information content (AvgIpc) is 2.92. The second kappa shape index (κ2) is 6.70. The normalized spacial score (nSPS) is 10.5. The Bertz CT molecular complexity index is 523. The number of hydrogen-bond donors (Lipinski definition) is 2. The average molecular weight is 259 g/mol. The van der Waals surface area contributed by atoms with E-state index >= 15 is 0 Å². The van der Waals surface area contributed by atoms with Crippen LogP contribution in [0.1, 0.15) is 22.3 Å². The number of carboxylic acid groups (broad SMARTS) is 1. The molecule has 0 aliphatic heterocycles. The summed E-state index contributed by atoms with van der Waals surface area (Å²) in [7, 11) is 0. The molecule has 0 fully saturated rings. The van der Waals surface area contributed by atoms with Crippen LogP contribution >= 0.6 is 0 Å². The Kier molecular flexibility index (Phi) is 4.69. The fourth-order valence-electron chi connectivity index (χ4n) is 1.90. The highest BCUT2D eigenvalue weighted by Crippen LogP contribution is 2.08. The van der Waals surface area contributed by atoms with Crippen molar-refractivity contribution in [1.29, 1.82) is 0 Å². The van der Waals surface area contributed by atoms with Crippen LogP contribution in [-0.2, 0) is 13.1 Å². The fraction of sp³-hybridized carbons (Fsp3) is 0.286. The van der Waals surface area contributed by atoms with Crippen molar-refractivity contribution in [2.75, 3.05) is 6.54 Å². The minimum Gasteiger partial charge on any atom is -0.478 e. The zero-order valence-corrected chi connectivity index (χ0v) is 10.6. The summed E-state index contributed by atoms with van der Waals surface area (Å²) in [5.74, 6) is -0.881. The molecule has 5 nitrogen and oxygen atoms in total. The van der Waals surface area contributed by atoms with Crippen LogP contribution in [-0.4, -0.2) is 27.4 Å². The zero-order valence-electron chi connectivity index (χ0n) is 10.6. The first-order valence-electron chi connectivity index (χ1n) is 6.27. The molecule has 0 amide bonds. The van der Waals surface area contributed by atoms with Crippen LogP contribution in [0.3, 0.4) is 0 Å². The Morgan fingerprint density at radius 2 is 2.16 bits per heavy atom. The van der Waals surface area contributed by atoms with Crippen LogP contribution in [0.5, 0.6) is 0 Å². The smallest absolute Gasteiger partial charge is 0.336 e. The van der Waals surface area contributed by atoms with Gasteiger partial charge in [-0.3, -0.25) is 4.68 Å². The minimum absolute atomic E-state index is 0.363. The number of benzene rings is 1. The lowest BCUT2D eigenvalue weighted by Gasteiger charge is -2.07. The highest BCUT2D eigenvalue weighted by atomic mass is 16.4. The third kappa shape index (κ3) is 3.93. The van der Waals surface area contributed by atoms with Crippen LogP contribution in [0, 0.1) is 0 Å². The first-order chi connectivity index (χ1) is 9.27. The van der Waals surface area contributed by atoms with Crippen molar-refractivity contribution in [1.82, 2.24) is 15.1 Å². The molecule has 0 unspecified atom stereocenters. The van der Waals surface area contributed by atoms with E-state index in [4.69, 9.17) is 5.11 Å². The molecule has 1 aromatic carbocycles. The van der Waals surface area contributed by atoms with Gasteiger partial charge in [-0.1, -0.05) is 18.2 Å². The van der Waals surface area contributed by atoms with Crippen molar-refractivity contribution in [3.05, 3.63) is 53.9 Å². The molecule has 2 rings (SSSR count). The highest BCUT2D eigenvalue weighted by molar-refractivity contribution is 5.89. The zero-order chi connectivity index (χ0) is 13.5. The van der Waals surface area contributed by atoms with Gasteiger partial charge < -0.3 is 10.4 Å². The second-order valence-corrected chi connectivity index (χ2v) is 4.26. The van der Waals surface area contributed by atoms with Crippen molar-refractivity contribution in [3.8, 4) is 0 Å². The number of rotatable bonds is 7.